The summed E-state index contributed by atoms with van der Waals surface area (Å²) in [6.07, 6.45) is -2.49. The van der Waals surface area contributed by atoms with Crippen LogP contribution in [0.15, 0.2) is 52.2 Å². The van der Waals surface area contributed by atoms with Gasteiger partial charge in [0.1, 0.15) is 17.9 Å². The molecule has 0 amide bonds. The molecule has 0 saturated carbocycles. The van der Waals surface area contributed by atoms with E-state index >= 15 is 0 Å². The van der Waals surface area contributed by atoms with Gasteiger partial charge in [0.15, 0.2) is 6.23 Å². The fourth-order valence-electron chi connectivity index (χ4n) is 3.54. The molecule has 2 aromatic rings. The number of hydrogen-bond donors (Lipinski definition) is 4. The standard InChI is InChI=1S/C22H30N3O9PS/c1-13(2)32-21(29)14(3)24-35(36,34-15-7-5-4-6-8-15)31-12-17-16(11-26)19(28)20(33-17)25-10-9-18(27)23-22(25)30/h4-10,13-14,16-17,19-20,26,28H,11-12H2,1-3H3,(H,24,36)(H,23,27,30)/t14-,16+,17+,19+,20+,35?/m0/s1. The van der Waals surface area contributed by atoms with Crippen LogP contribution in [-0.4, -0.2) is 63.3 Å². The number of aliphatic hydroxyl groups excluding tert-OH is 2. The third-order valence-electron chi connectivity index (χ3n) is 5.29. The SMILES string of the molecule is CC(C)OC(=O)[C@H](C)NP(=S)(OC[C@H]1O[C@@H](n2ccc(=O)[nH]c2=O)[C@H](O)[C@@H]1CO)Oc1ccccc1. The van der Waals surface area contributed by atoms with E-state index in [1.165, 1.54) is 6.20 Å². The molecule has 36 heavy (non-hydrogen) atoms. The Kier molecular flexibility index (Phi) is 9.59. The summed E-state index contributed by atoms with van der Waals surface area (Å²) >= 11 is 5.66. The van der Waals surface area contributed by atoms with E-state index in [0.717, 1.165) is 10.6 Å². The number of nitrogens with one attached hydrogen (secondary N) is 2. The number of carbonyl (C=O) groups excluding carboxylic acids is 1. The third kappa shape index (κ3) is 7.10. The molecule has 0 spiro atoms. The van der Waals surface area contributed by atoms with Gasteiger partial charge in [-0.05, 0) is 44.7 Å². The van der Waals surface area contributed by atoms with Crippen LogP contribution in [-0.2, 0) is 30.6 Å². The molecule has 6 atom stereocenters. The molecule has 198 valence electrons. The number of aromatic amines is 1. The Morgan fingerprint density at radius 1 is 1.25 bits per heavy atom. The van der Waals surface area contributed by atoms with Crippen molar-refractivity contribution >= 4 is 24.4 Å². The van der Waals surface area contributed by atoms with Crippen LogP contribution in [0.25, 0.3) is 0 Å². The number of rotatable bonds is 11. The minimum absolute atomic E-state index is 0.236. The number of para-hydroxylation sites is 1. The van der Waals surface area contributed by atoms with Gasteiger partial charge in [0.2, 0.25) is 0 Å². The zero-order valence-electron chi connectivity index (χ0n) is 20.0. The zero-order valence-corrected chi connectivity index (χ0v) is 21.7. The lowest BCUT2D eigenvalue weighted by atomic mass is 9.99. The number of H-pyrrole nitrogens is 1. The molecule has 4 N–H and O–H groups in total. The van der Waals surface area contributed by atoms with Gasteiger partial charge in [-0.25, -0.2) is 9.88 Å². The highest BCUT2D eigenvalue weighted by atomic mass is 32.5. The molecule has 2 heterocycles. The fourth-order valence-corrected chi connectivity index (χ4v) is 5.96. The van der Waals surface area contributed by atoms with Crippen molar-refractivity contribution in [3.8, 4) is 5.75 Å². The summed E-state index contributed by atoms with van der Waals surface area (Å²) in [6.45, 7) is 0.907. The Morgan fingerprint density at radius 2 is 1.94 bits per heavy atom. The molecule has 1 unspecified atom stereocenters. The van der Waals surface area contributed by atoms with E-state index in [1.54, 1.807) is 51.1 Å². The Labute approximate surface area is 212 Å². The summed E-state index contributed by atoms with van der Waals surface area (Å²) in [5.41, 5.74) is -1.38. The van der Waals surface area contributed by atoms with E-state index in [-0.39, 0.29) is 12.7 Å². The topological polar surface area (TPSA) is 161 Å². The van der Waals surface area contributed by atoms with Crippen LogP contribution >= 0.6 is 6.64 Å². The Bertz CT molecular complexity index is 1190. The van der Waals surface area contributed by atoms with E-state index in [1.807, 2.05) is 0 Å². The van der Waals surface area contributed by atoms with E-state index in [0.29, 0.717) is 5.75 Å². The number of nitrogens with zero attached hydrogens (tertiary/aromatic N) is 1. The molecule has 3 rings (SSSR count). The average Bonchev–Trinajstić information content (AvgIpc) is 3.13. The highest BCUT2D eigenvalue weighted by Gasteiger charge is 2.45. The van der Waals surface area contributed by atoms with E-state index < -0.39 is 60.9 Å². The second-order valence-corrected chi connectivity index (χ2v) is 11.6. The molecule has 1 aliphatic heterocycles. The molecule has 14 heteroatoms. The normalized spacial score (nSPS) is 24.3. The van der Waals surface area contributed by atoms with Crippen molar-refractivity contribution in [1.82, 2.24) is 14.6 Å². The van der Waals surface area contributed by atoms with Gasteiger partial charge in [-0.2, -0.15) is 0 Å². The molecular weight excluding hydrogens is 513 g/mol. The number of carbonyl (C=O) groups is 1. The van der Waals surface area contributed by atoms with Crippen LogP contribution in [0.1, 0.15) is 27.0 Å². The van der Waals surface area contributed by atoms with E-state index in [2.05, 4.69) is 10.1 Å². The largest absolute Gasteiger partial charge is 0.462 e. The van der Waals surface area contributed by atoms with Crippen molar-refractivity contribution in [2.75, 3.05) is 13.2 Å². The van der Waals surface area contributed by atoms with Gasteiger partial charge < -0.3 is 28.7 Å². The summed E-state index contributed by atoms with van der Waals surface area (Å²) in [7, 11) is 0. The molecule has 1 fully saturated rings. The molecule has 0 bridgehead atoms. The fraction of sp³-hybridized carbons (Fsp3) is 0.500. The monoisotopic (exact) mass is 543 g/mol. The second kappa shape index (κ2) is 12.2. The van der Waals surface area contributed by atoms with Crippen molar-refractivity contribution in [3.63, 3.8) is 0 Å². The summed E-state index contributed by atoms with van der Waals surface area (Å²) in [5.74, 6) is -0.975. The zero-order chi connectivity index (χ0) is 26.5. The number of aromatic nitrogens is 2. The molecule has 1 aliphatic rings. The predicted octanol–water partition coefficient (Wildman–Crippen LogP) is 0.653. The van der Waals surface area contributed by atoms with Crippen LogP contribution in [0.4, 0.5) is 0 Å². The molecule has 12 nitrogen and oxygen atoms in total. The Morgan fingerprint density at radius 3 is 2.56 bits per heavy atom. The van der Waals surface area contributed by atoms with E-state index in [4.69, 9.17) is 30.3 Å². The lowest BCUT2D eigenvalue weighted by Crippen LogP contribution is -2.37. The van der Waals surface area contributed by atoms with Gasteiger partial charge in [0.05, 0.1) is 25.4 Å². The van der Waals surface area contributed by atoms with Gasteiger partial charge in [0.25, 0.3) is 5.56 Å². The van der Waals surface area contributed by atoms with Gasteiger partial charge >= 0.3 is 18.3 Å². The lowest BCUT2D eigenvalue weighted by Gasteiger charge is -2.28. The number of ether oxygens (including phenoxy) is 2. The maximum absolute atomic E-state index is 12.4. The van der Waals surface area contributed by atoms with Crippen LogP contribution in [0, 0.1) is 5.92 Å². The Hall–Kier alpha value is -2.38. The van der Waals surface area contributed by atoms with Gasteiger partial charge in [-0.15, -0.1) is 0 Å². The first-order valence-corrected chi connectivity index (χ1v) is 13.9. The predicted molar refractivity (Wildman–Crippen MR) is 133 cm³/mol. The number of aliphatic hydroxyl groups is 2. The first-order valence-electron chi connectivity index (χ1n) is 11.3. The highest BCUT2D eigenvalue weighted by molar-refractivity contribution is 8.09. The van der Waals surface area contributed by atoms with Gasteiger partial charge in [0, 0.05) is 18.2 Å². The van der Waals surface area contributed by atoms with Crippen LogP contribution in [0.2, 0.25) is 0 Å². The van der Waals surface area contributed by atoms with Crippen LogP contribution in [0.5, 0.6) is 5.75 Å². The summed E-state index contributed by atoms with van der Waals surface area (Å²) in [4.78, 5) is 38.0. The molecule has 1 saturated heterocycles. The number of esters is 1. The van der Waals surface area contributed by atoms with Crippen molar-refractivity contribution < 1.29 is 33.5 Å². The molecule has 0 radical (unpaired) electrons. The summed E-state index contributed by atoms with van der Waals surface area (Å²) in [6, 6.07) is 8.89. The second-order valence-electron chi connectivity index (χ2n) is 8.45. The van der Waals surface area contributed by atoms with Crippen molar-refractivity contribution in [1.29, 1.82) is 0 Å². The van der Waals surface area contributed by atoms with Gasteiger partial charge in [-0.1, -0.05) is 18.2 Å². The molecule has 1 aromatic heterocycles. The first kappa shape index (κ1) is 28.2. The average molecular weight is 544 g/mol. The maximum atomic E-state index is 12.4. The minimum Gasteiger partial charge on any atom is -0.462 e. The van der Waals surface area contributed by atoms with Crippen molar-refractivity contribution in [3.05, 3.63) is 63.4 Å². The maximum Gasteiger partial charge on any atom is 0.330 e. The molecule has 0 aliphatic carbocycles. The quantitative estimate of drug-likeness (QED) is 0.233. The smallest absolute Gasteiger partial charge is 0.330 e. The van der Waals surface area contributed by atoms with Gasteiger partial charge in [-0.3, -0.25) is 19.1 Å². The minimum atomic E-state index is -3.39. The number of hydrogen-bond acceptors (Lipinski definition) is 10. The van der Waals surface area contributed by atoms with Crippen LogP contribution < -0.4 is 20.9 Å². The first-order chi connectivity index (χ1) is 17.0. The third-order valence-corrected chi connectivity index (χ3v) is 7.79. The van der Waals surface area contributed by atoms with Crippen LogP contribution in [0.3, 0.4) is 0 Å². The van der Waals surface area contributed by atoms with Crippen molar-refractivity contribution in [2.24, 2.45) is 5.92 Å². The van der Waals surface area contributed by atoms with Crippen molar-refractivity contribution in [2.45, 2.75) is 51.4 Å². The number of benzene rings is 1. The highest BCUT2D eigenvalue weighted by Crippen LogP contribution is 2.46. The Balaban J connectivity index is 1.79. The molecular formula is C22H30N3O9PS. The summed E-state index contributed by atoms with van der Waals surface area (Å²) in [5, 5.41) is 23.5. The summed E-state index contributed by atoms with van der Waals surface area (Å²) < 4.78 is 24.0. The molecule has 1 aromatic carbocycles. The lowest BCUT2D eigenvalue weighted by molar-refractivity contribution is -0.149. The van der Waals surface area contributed by atoms with E-state index in [9.17, 15) is 24.6 Å².